The van der Waals surface area contributed by atoms with Crippen molar-refractivity contribution in [2.24, 2.45) is 0 Å². The third-order valence-electron chi connectivity index (χ3n) is 2.07. The average molecular weight is 259 g/mol. The minimum Gasteiger partial charge on any atom is -0.282 e. The number of Topliss-reactive ketones (excluding diaryl/α,β-unsaturated/α-hetero) is 1. The molecular formula is C10H5F4N3O. The molecule has 0 saturated carbocycles. The van der Waals surface area contributed by atoms with Gasteiger partial charge in [0.25, 0.3) is 5.78 Å². The number of benzene rings is 1. The molecule has 0 atom stereocenters. The number of carbonyl (C=O) groups excluding carboxylic acids is 1. The number of carbonyl (C=O) groups is 1. The first-order chi connectivity index (χ1) is 8.38. The molecule has 1 aromatic carbocycles. The van der Waals surface area contributed by atoms with Gasteiger partial charge < -0.3 is 0 Å². The lowest BCUT2D eigenvalue weighted by Gasteiger charge is -2.00. The average Bonchev–Trinajstić information content (AvgIpc) is 2.77. The van der Waals surface area contributed by atoms with E-state index < -0.39 is 23.5 Å². The van der Waals surface area contributed by atoms with Crippen LogP contribution in [-0.4, -0.2) is 27.0 Å². The Hall–Kier alpha value is -2.25. The molecule has 8 heteroatoms. The Bertz CT molecular complexity index is 574. The van der Waals surface area contributed by atoms with Crippen LogP contribution < -0.4 is 0 Å². The minimum absolute atomic E-state index is 0.296. The van der Waals surface area contributed by atoms with Crippen molar-refractivity contribution in [3.8, 4) is 5.69 Å². The monoisotopic (exact) mass is 259 g/mol. The van der Waals surface area contributed by atoms with Crippen LogP contribution in [-0.2, 0) is 0 Å². The molecule has 0 N–H and O–H groups in total. The van der Waals surface area contributed by atoms with Gasteiger partial charge in [-0.3, -0.25) is 4.79 Å². The van der Waals surface area contributed by atoms with E-state index in [-0.39, 0.29) is 0 Å². The van der Waals surface area contributed by atoms with Crippen molar-refractivity contribution in [3.63, 3.8) is 0 Å². The van der Waals surface area contributed by atoms with E-state index in [2.05, 4.69) is 10.3 Å². The Kier molecular flexibility index (Phi) is 2.85. The van der Waals surface area contributed by atoms with Gasteiger partial charge in [0.2, 0.25) is 0 Å². The van der Waals surface area contributed by atoms with Gasteiger partial charge in [0.05, 0.1) is 11.9 Å². The summed E-state index contributed by atoms with van der Waals surface area (Å²) in [4.78, 5) is 10.9. The Balaban J connectivity index is 2.31. The van der Waals surface area contributed by atoms with E-state index >= 15 is 0 Å². The lowest BCUT2D eigenvalue weighted by Crippen LogP contribution is -2.23. The number of nitrogens with zero attached hydrogens (tertiary/aromatic N) is 3. The summed E-state index contributed by atoms with van der Waals surface area (Å²) < 4.78 is 50.0. The first-order valence-corrected chi connectivity index (χ1v) is 4.68. The number of alkyl halides is 3. The maximum atomic E-state index is 12.6. The maximum Gasteiger partial charge on any atom is 0.456 e. The number of rotatable bonds is 2. The fourth-order valence-corrected chi connectivity index (χ4v) is 1.23. The highest BCUT2D eigenvalue weighted by Gasteiger charge is 2.41. The molecule has 0 bridgehead atoms. The van der Waals surface area contributed by atoms with E-state index in [0.29, 0.717) is 5.69 Å². The fourth-order valence-electron chi connectivity index (χ4n) is 1.23. The third kappa shape index (κ3) is 2.36. The van der Waals surface area contributed by atoms with Crippen LogP contribution in [0.4, 0.5) is 17.6 Å². The number of hydrogen-bond donors (Lipinski definition) is 0. The number of halogens is 4. The van der Waals surface area contributed by atoms with Gasteiger partial charge in [-0.05, 0) is 24.3 Å². The Labute approximate surface area is 97.8 Å². The first-order valence-electron chi connectivity index (χ1n) is 4.68. The van der Waals surface area contributed by atoms with Crippen LogP contribution in [0.1, 0.15) is 10.5 Å². The van der Waals surface area contributed by atoms with Gasteiger partial charge in [-0.1, -0.05) is 5.21 Å². The van der Waals surface area contributed by atoms with E-state index in [1.165, 1.54) is 12.1 Å². The van der Waals surface area contributed by atoms with Gasteiger partial charge in [0.1, 0.15) is 5.82 Å². The van der Waals surface area contributed by atoms with Crippen molar-refractivity contribution in [2.45, 2.75) is 6.18 Å². The summed E-state index contributed by atoms with van der Waals surface area (Å²) in [6.07, 6.45) is -4.16. The summed E-state index contributed by atoms with van der Waals surface area (Å²) >= 11 is 0. The van der Waals surface area contributed by atoms with Gasteiger partial charge in [-0.15, -0.1) is 5.10 Å². The topological polar surface area (TPSA) is 47.8 Å². The normalized spacial score (nSPS) is 11.6. The molecule has 0 amide bonds. The van der Waals surface area contributed by atoms with Gasteiger partial charge in [0.15, 0.2) is 5.69 Å². The minimum atomic E-state index is -5.00. The van der Waals surface area contributed by atoms with Crippen molar-refractivity contribution < 1.29 is 22.4 Å². The Morgan fingerprint density at radius 3 is 2.33 bits per heavy atom. The van der Waals surface area contributed by atoms with Crippen molar-refractivity contribution in [3.05, 3.63) is 42.0 Å². The Morgan fingerprint density at radius 2 is 1.78 bits per heavy atom. The molecule has 0 radical (unpaired) electrons. The van der Waals surface area contributed by atoms with E-state index in [9.17, 15) is 22.4 Å². The molecule has 0 unspecified atom stereocenters. The van der Waals surface area contributed by atoms with Crippen molar-refractivity contribution in [1.82, 2.24) is 15.0 Å². The predicted molar refractivity (Wildman–Crippen MR) is 51.7 cm³/mol. The second kappa shape index (κ2) is 4.21. The second-order valence-electron chi connectivity index (χ2n) is 3.35. The summed E-state index contributed by atoms with van der Waals surface area (Å²) in [5.41, 5.74) is -0.517. The van der Waals surface area contributed by atoms with Gasteiger partial charge >= 0.3 is 6.18 Å². The second-order valence-corrected chi connectivity index (χ2v) is 3.35. The zero-order valence-corrected chi connectivity index (χ0v) is 8.65. The van der Waals surface area contributed by atoms with Crippen LogP contribution in [0.15, 0.2) is 30.5 Å². The number of hydrogen-bond acceptors (Lipinski definition) is 3. The van der Waals surface area contributed by atoms with Gasteiger partial charge in [-0.2, -0.15) is 13.2 Å². The SMILES string of the molecule is O=C(c1cn(-c2ccc(F)cc2)nn1)C(F)(F)F. The third-order valence-corrected chi connectivity index (χ3v) is 2.07. The summed E-state index contributed by atoms with van der Waals surface area (Å²) in [6.45, 7) is 0. The van der Waals surface area contributed by atoms with Crippen LogP contribution in [0.2, 0.25) is 0 Å². The smallest absolute Gasteiger partial charge is 0.282 e. The highest BCUT2D eigenvalue weighted by atomic mass is 19.4. The number of ketones is 1. The van der Waals surface area contributed by atoms with Crippen molar-refractivity contribution in [2.75, 3.05) is 0 Å². The molecule has 0 aliphatic carbocycles. The predicted octanol–water partition coefficient (Wildman–Crippen LogP) is 2.15. The molecule has 18 heavy (non-hydrogen) atoms. The van der Waals surface area contributed by atoms with Crippen molar-refractivity contribution in [1.29, 1.82) is 0 Å². The molecule has 2 rings (SSSR count). The molecule has 1 aromatic heterocycles. The highest BCUT2D eigenvalue weighted by Crippen LogP contribution is 2.20. The van der Waals surface area contributed by atoms with E-state index in [1.807, 2.05) is 0 Å². The lowest BCUT2D eigenvalue weighted by molar-refractivity contribution is -0.0888. The van der Waals surface area contributed by atoms with Crippen molar-refractivity contribution >= 4 is 5.78 Å². The molecule has 1 heterocycles. The largest absolute Gasteiger partial charge is 0.456 e. The quantitative estimate of drug-likeness (QED) is 0.613. The molecule has 0 aliphatic heterocycles. The molecule has 2 aromatic rings. The zero-order valence-electron chi connectivity index (χ0n) is 8.65. The van der Waals surface area contributed by atoms with Crippen LogP contribution in [0.3, 0.4) is 0 Å². The lowest BCUT2D eigenvalue weighted by atomic mass is 10.3. The fraction of sp³-hybridized carbons (Fsp3) is 0.100. The van der Waals surface area contributed by atoms with E-state index in [1.54, 1.807) is 0 Å². The summed E-state index contributed by atoms with van der Waals surface area (Å²) in [6, 6.07) is 4.82. The van der Waals surface area contributed by atoms with Crippen LogP contribution in [0.5, 0.6) is 0 Å². The van der Waals surface area contributed by atoms with E-state index in [0.717, 1.165) is 23.0 Å². The molecule has 0 fully saturated rings. The molecule has 4 nitrogen and oxygen atoms in total. The molecular weight excluding hydrogens is 254 g/mol. The molecule has 0 saturated heterocycles. The van der Waals surface area contributed by atoms with Gasteiger partial charge in [-0.25, -0.2) is 9.07 Å². The van der Waals surface area contributed by atoms with Crippen LogP contribution >= 0.6 is 0 Å². The molecule has 94 valence electrons. The Morgan fingerprint density at radius 1 is 1.17 bits per heavy atom. The zero-order chi connectivity index (χ0) is 13.3. The first kappa shape index (κ1) is 12.2. The van der Waals surface area contributed by atoms with E-state index in [4.69, 9.17) is 0 Å². The van der Waals surface area contributed by atoms with Gasteiger partial charge in [0, 0.05) is 0 Å². The van der Waals surface area contributed by atoms with Crippen LogP contribution in [0.25, 0.3) is 5.69 Å². The number of aromatic nitrogens is 3. The molecule has 0 aliphatic rings. The summed E-state index contributed by atoms with van der Waals surface area (Å²) in [7, 11) is 0. The highest BCUT2D eigenvalue weighted by molar-refractivity contribution is 5.98. The standard InChI is InChI=1S/C10H5F4N3O/c11-6-1-3-7(4-2-6)17-5-8(15-16-17)9(18)10(12,13)14/h1-5H. The molecule has 0 spiro atoms. The summed E-state index contributed by atoms with van der Waals surface area (Å²) in [5.74, 6) is -2.57. The maximum absolute atomic E-state index is 12.6. The van der Waals surface area contributed by atoms with Crippen LogP contribution in [0, 0.1) is 5.82 Å². The summed E-state index contributed by atoms with van der Waals surface area (Å²) in [5, 5.41) is 6.51.